The van der Waals surface area contributed by atoms with Gasteiger partial charge < -0.3 is 66.4 Å². The first-order valence-corrected chi connectivity index (χ1v) is 50.4. The molecular weight excluding hydrogens is 1920 g/mol. The van der Waals surface area contributed by atoms with Crippen molar-refractivity contribution in [2.75, 3.05) is 11.5 Å². The first kappa shape index (κ1) is 133. The van der Waals surface area contributed by atoms with Crippen LogP contribution in [0.25, 0.3) is 0 Å². The number of aliphatic carboxylic acids is 13. The number of carboxylic acid groups (broad SMARTS) is 13. The molecule has 3 aromatic rings. The molecule has 0 unspecified atom stereocenters. The van der Waals surface area contributed by atoms with Gasteiger partial charge in [-0.2, -0.15) is 0 Å². The van der Waals surface area contributed by atoms with Crippen LogP contribution in [0.4, 0.5) is 0 Å². The highest BCUT2D eigenvalue weighted by Crippen LogP contribution is 2.37. The zero-order chi connectivity index (χ0) is 111. The highest BCUT2D eigenvalue weighted by atomic mass is 32.2. The molecule has 0 aliphatic heterocycles. The van der Waals surface area contributed by atoms with Gasteiger partial charge in [-0.15, -0.1) is 11.8 Å². The van der Waals surface area contributed by atoms with E-state index < -0.39 is 101 Å². The molecule has 0 saturated heterocycles. The third-order valence-corrected chi connectivity index (χ3v) is 27.4. The Balaban J connectivity index is 0.00000157. The molecule has 13 N–H and O–H groups in total. The van der Waals surface area contributed by atoms with Crippen molar-refractivity contribution < 1.29 is 181 Å². The van der Waals surface area contributed by atoms with Gasteiger partial charge in [0, 0.05) is 60.2 Å². The Bertz CT molecular complexity index is 4470. The number of hydrogen-bond acceptors (Lipinski definition) is 25. The molecule has 7 fully saturated rings. The number of ketones is 11. The van der Waals surface area contributed by atoms with E-state index in [-0.39, 0.29) is 166 Å². The molecular formula is C108H150O37S. The molecule has 38 heteroatoms. The Kier molecular flexibility index (Phi) is 66.2. The molecule has 37 nitrogen and oxygen atoms in total. The van der Waals surface area contributed by atoms with Crippen molar-refractivity contribution in [3.63, 3.8) is 0 Å². The Morgan fingerprint density at radius 3 is 0.760 bits per heavy atom. The number of rotatable bonds is 32. The topological polar surface area (TPSA) is 673 Å². The van der Waals surface area contributed by atoms with Crippen LogP contribution in [0, 0.1) is 94.7 Å². The van der Waals surface area contributed by atoms with E-state index in [9.17, 15) is 115 Å². The van der Waals surface area contributed by atoms with Crippen LogP contribution in [-0.4, -0.2) is 219 Å². The van der Waals surface area contributed by atoms with Crippen LogP contribution in [0.1, 0.15) is 296 Å². The normalized spacial score (nSPS) is 22.7. The van der Waals surface area contributed by atoms with Gasteiger partial charge in [0.1, 0.15) is 63.6 Å². The number of carbonyl (C=O) groups is 24. The lowest BCUT2D eigenvalue weighted by Gasteiger charge is -2.25. The molecule has 0 amide bonds. The van der Waals surface area contributed by atoms with Crippen molar-refractivity contribution in [3.8, 4) is 0 Å². The zero-order valence-electron chi connectivity index (χ0n) is 85.5. The van der Waals surface area contributed by atoms with E-state index in [2.05, 4.69) is 0 Å². The van der Waals surface area contributed by atoms with E-state index in [0.717, 1.165) is 150 Å². The molecule has 12 atom stereocenters. The van der Waals surface area contributed by atoms with Crippen molar-refractivity contribution in [1.82, 2.24) is 0 Å². The number of Topliss-reactive ketones (excluding diaryl/α,β-unsaturated/α-hetero) is 11. The van der Waals surface area contributed by atoms with Gasteiger partial charge in [0.2, 0.25) is 0 Å². The minimum atomic E-state index is -0.956. The van der Waals surface area contributed by atoms with Crippen molar-refractivity contribution >= 4 is 153 Å². The van der Waals surface area contributed by atoms with E-state index in [1.54, 1.807) is 94.4 Å². The summed E-state index contributed by atoms with van der Waals surface area (Å²) in [6.45, 7) is 16.7. The van der Waals surface area contributed by atoms with E-state index in [0.29, 0.717) is 100 Å². The van der Waals surface area contributed by atoms with Gasteiger partial charge in [-0.3, -0.25) is 115 Å². The molecule has 0 bridgehead atoms. The molecule has 8 aliphatic carbocycles. The maximum absolute atomic E-state index is 11.1. The monoisotopic (exact) mass is 2070 g/mol. The second-order valence-electron chi connectivity index (χ2n) is 38.1. The maximum Gasteiger partial charge on any atom is 0.313 e. The van der Waals surface area contributed by atoms with Gasteiger partial charge in [-0.1, -0.05) is 130 Å². The van der Waals surface area contributed by atoms with E-state index in [1.165, 1.54) is 48.5 Å². The van der Waals surface area contributed by atoms with Crippen LogP contribution in [0.15, 0.2) is 84.9 Å². The summed E-state index contributed by atoms with van der Waals surface area (Å²) in [6, 6.07) is 20.8. The van der Waals surface area contributed by atoms with Crippen LogP contribution < -0.4 is 0 Å². The average Bonchev–Trinajstić information content (AvgIpc) is 1.53. The zero-order valence-corrected chi connectivity index (χ0v) is 86.3. The summed E-state index contributed by atoms with van der Waals surface area (Å²) in [5, 5.41) is 112. The lowest BCUT2D eigenvalue weighted by molar-refractivity contribution is -0.148. The van der Waals surface area contributed by atoms with Gasteiger partial charge in [0.05, 0.1) is 84.5 Å². The highest BCUT2D eigenvalue weighted by Gasteiger charge is 2.39. The van der Waals surface area contributed by atoms with Crippen LogP contribution in [-0.2, 0) is 154 Å². The first-order chi connectivity index (χ1) is 68.3. The maximum atomic E-state index is 11.1. The Morgan fingerprint density at radius 1 is 0.219 bits per heavy atom. The van der Waals surface area contributed by atoms with Gasteiger partial charge in [-0.05, 0) is 251 Å². The van der Waals surface area contributed by atoms with Gasteiger partial charge in [0.15, 0.2) is 0 Å². The standard InChI is InChI=1S/2C11H12O3.C10H10O4.6C9H14O3.C9H12O3.C8H12O3.C5H8O3S/c1-8(12)6-9-2-4-10(5-3-9)7-11(13)14;1-8(12)5-9-3-2-4-10(6-9)7-11(13)14;11-9(12)5-7-3-1-2-4-8(7)6-10(13)14;2*1-6(10)7-2-4-8(5-3-7)9(11)12;2*1-6(10)7-3-2-4-8(5-7)9(11)12;3*1-6(10)7-4-2-3-5-8(7)9(11)12;1-5(9)6-3-2-4-7(6)8(10)11;1-4(6)2-9-3-5(7)8/h2-5H,6-7H2,1H3,(H,13,14);2-4,6H,5,7H2,1H3,(H,13,14);1-4H,5-6H2,(H,11,12)(H,13,14);6*7-8H,2-5H2,1H3,(H,11,12);2-3,7-8H,4-5H2,1H3,(H,11,12);6-7H,2-4H2,1H3,(H,10,11);2-3H2,1H3,(H,7,8)/t;;;;;7-,8+;7-,8-;7-,8+;7-,8-;7-,8+;6-,7+;/m.....101111./s1. The number of carbonyl (C=O) groups excluding carboxylic acids is 11. The van der Waals surface area contributed by atoms with Crippen molar-refractivity contribution in [3.05, 3.63) is 118 Å². The van der Waals surface area contributed by atoms with E-state index in [1.807, 2.05) is 18.2 Å². The molecule has 810 valence electrons. The lowest BCUT2D eigenvalue weighted by Crippen LogP contribution is -2.31. The summed E-state index contributed by atoms with van der Waals surface area (Å²) in [7, 11) is 0. The van der Waals surface area contributed by atoms with E-state index >= 15 is 0 Å². The number of hydrogen-bond donors (Lipinski definition) is 13. The summed E-state index contributed by atoms with van der Waals surface area (Å²) in [6.07, 6.45) is 26.1. The molecule has 11 rings (SSSR count). The summed E-state index contributed by atoms with van der Waals surface area (Å²) in [5.74, 6) is -12.9. The average molecular weight is 2070 g/mol. The SMILES string of the molecule is CC(=O)C1CCC(C(=O)O)CC1.CC(=O)C1CCC(C(=O)O)CC1.CC(=O)CSCC(=O)O.CC(=O)Cc1ccc(CC(=O)O)cc1.CC(=O)Cc1cccc(CC(=O)O)c1.CC(=O)[C@@H]1CCC[C@H](C(=O)O)C1.CC(=O)[C@H]1CC=CC[C@@H]1C(=O)O.CC(=O)[C@H]1CCCC[C@@H]1C(=O)O.CC(=O)[C@H]1CCCC[C@H]1C(=O)O.CC(=O)[C@H]1CCC[C@@H]1C(=O)O.CC(=O)[C@H]1CCC[C@H](C(=O)O)C1.O=C(O)Cc1ccccc1CC(=O)O. The minimum absolute atomic E-state index is 0.000139. The Hall–Kier alpha value is -12.8. The Labute approximate surface area is 855 Å². The fraction of sp³-hybridized carbons (Fsp3) is 0.593. The Morgan fingerprint density at radius 2 is 0.486 bits per heavy atom. The smallest absolute Gasteiger partial charge is 0.313 e. The van der Waals surface area contributed by atoms with Crippen LogP contribution in [0.2, 0.25) is 0 Å². The molecule has 146 heavy (non-hydrogen) atoms. The molecule has 3 aromatic carbocycles. The second-order valence-corrected chi connectivity index (χ2v) is 39.1. The lowest BCUT2D eigenvalue weighted by atomic mass is 9.77. The fourth-order valence-electron chi connectivity index (χ4n) is 18.2. The predicted octanol–water partition coefficient (Wildman–Crippen LogP) is 15.3. The quantitative estimate of drug-likeness (QED) is 0.0258. The van der Waals surface area contributed by atoms with Crippen molar-refractivity contribution in [2.45, 2.75) is 301 Å². The molecule has 0 spiro atoms. The first-order valence-electron chi connectivity index (χ1n) is 49.2. The molecule has 0 radical (unpaired) electrons. The third-order valence-electron chi connectivity index (χ3n) is 26.3. The van der Waals surface area contributed by atoms with Crippen molar-refractivity contribution in [1.29, 1.82) is 0 Å². The molecule has 8 aliphatic rings. The summed E-state index contributed by atoms with van der Waals surface area (Å²) < 4.78 is 0. The number of thioether (sulfide) groups is 1. The molecule has 0 aromatic heterocycles. The predicted molar refractivity (Wildman–Crippen MR) is 535 cm³/mol. The van der Waals surface area contributed by atoms with Crippen LogP contribution in [0.5, 0.6) is 0 Å². The second kappa shape index (κ2) is 72.5. The minimum Gasteiger partial charge on any atom is -0.481 e. The van der Waals surface area contributed by atoms with Gasteiger partial charge >= 0.3 is 77.6 Å². The molecule has 7 saturated carbocycles. The number of allylic oxidation sites excluding steroid dienone is 2. The largest absolute Gasteiger partial charge is 0.481 e. The van der Waals surface area contributed by atoms with Gasteiger partial charge in [0.25, 0.3) is 0 Å². The number of benzene rings is 3. The van der Waals surface area contributed by atoms with Crippen LogP contribution >= 0.6 is 11.8 Å². The summed E-state index contributed by atoms with van der Waals surface area (Å²) in [5.41, 5.74) is 4.40. The third kappa shape index (κ3) is 58.4. The number of carboxylic acids is 13. The summed E-state index contributed by atoms with van der Waals surface area (Å²) in [4.78, 5) is 256. The van der Waals surface area contributed by atoms with Gasteiger partial charge in [-0.25, -0.2) is 0 Å². The van der Waals surface area contributed by atoms with E-state index in [4.69, 9.17) is 66.4 Å². The summed E-state index contributed by atoms with van der Waals surface area (Å²) >= 11 is 1.12. The van der Waals surface area contributed by atoms with Crippen LogP contribution in [0.3, 0.4) is 0 Å². The fourth-order valence-corrected chi connectivity index (χ4v) is 18.8. The highest BCUT2D eigenvalue weighted by molar-refractivity contribution is 8.00. The molecule has 0 heterocycles. The van der Waals surface area contributed by atoms with Crippen molar-refractivity contribution in [2.24, 2.45) is 94.7 Å².